The molecule has 1 N–H and O–H groups in total. The largest absolute Gasteiger partial charge is 0.354 e. The van der Waals surface area contributed by atoms with Gasteiger partial charge in [0.1, 0.15) is 6.04 Å². The van der Waals surface area contributed by atoms with Gasteiger partial charge in [-0.05, 0) is 68.0 Å². The Hall–Kier alpha value is -2.29. The van der Waals surface area contributed by atoms with Crippen LogP contribution in [0.15, 0.2) is 36.4 Å². The summed E-state index contributed by atoms with van der Waals surface area (Å²) < 4.78 is 26.6. The van der Waals surface area contributed by atoms with E-state index in [9.17, 15) is 18.0 Å². The van der Waals surface area contributed by atoms with Gasteiger partial charge in [0, 0.05) is 36.1 Å². The van der Waals surface area contributed by atoms with Crippen molar-refractivity contribution in [3.05, 3.63) is 63.1 Å². The predicted octanol–water partition coefficient (Wildman–Crippen LogP) is 5.88. The Labute approximate surface area is 237 Å². The first kappa shape index (κ1) is 31.9. The molecule has 210 valence electrons. The van der Waals surface area contributed by atoms with Crippen molar-refractivity contribution in [3.8, 4) is 0 Å². The van der Waals surface area contributed by atoms with Crippen molar-refractivity contribution >= 4 is 50.7 Å². The lowest BCUT2D eigenvalue weighted by Gasteiger charge is -2.31. The van der Waals surface area contributed by atoms with Crippen LogP contribution >= 0.6 is 23.2 Å². The minimum Gasteiger partial charge on any atom is -0.354 e. The third kappa shape index (κ3) is 8.89. The number of anilines is 1. The predicted molar refractivity (Wildman–Crippen MR) is 156 cm³/mol. The van der Waals surface area contributed by atoms with Crippen LogP contribution < -0.4 is 9.62 Å². The van der Waals surface area contributed by atoms with Crippen LogP contribution in [-0.4, -0.2) is 50.5 Å². The third-order valence-electron chi connectivity index (χ3n) is 6.57. The van der Waals surface area contributed by atoms with Crippen LogP contribution in [0.1, 0.15) is 62.6 Å². The van der Waals surface area contributed by atoms with Gasteiger partial charge >= 0.3 is 0 Å². The molecule has 0 unspecified atom stereocenters. The van der Waals surface area contributed by atoms with E-state index < -0.39 is 16.1 Å². The average molecular weight is 585 g/mol. The van der Waals surface area contributed by atoms with E-state index in [0.717, 1.165) is 24.0 Å². The van der Waals surface area contributed by atoms with Crippen molar-refractivity contribution in [1.82, 2.24) is 10.2 Å². The summed E-state index contributed by atoms with van der Waals surface area (Å²) in [6.45, 7) is 8.53. The van der Waals surface area contributed by atoms with E-state index in [1.54, 1.807) is 29.2 Å². The number of nitrogens with one attached hydrogen (secondary N) is 1. The van der Waals surface area contributed by atoms with Crippen LogP contribution in [0.2, 0.25) is 10.0 Å². The molecule has 2 rings (SSSR count). The van der Waals surface area contributed by atoms with Gasteiger partial charge < -0.3 is 10.2 Å². The highest BCUT2D eigenvalue weighted by atomic mass is 35.5. The molecule has 7 nitrogen and oxygen atoms in total. The molecule has 10 heteroatoms. The number of nitrogens with zero attached hydrogens (tertiary/aromatic N) is 2. The highest BCUT2D eigenvalue weighted by Crippen LogP contribution is 2.27. The number of sulfonamides is 1. The Morgan fingerprint density at radius 2 is 1.76 bits per heavy atom. The number of rotatable bonds is 14. The molecule has 0 bridgehead atoms. The second-order valence-corrected chi connectivity index (χ2v) is 12.2. The van der Waals surface area contributed by atoms with Crippen LogP contribution in [0.3, 0.4) is 0 Å². The summed E-state index contributed by atoms with van der Waals surface area (Å²) >= 11 is 12.5. The van der Waals surface area contributed by atoms with Gasteiger partial charge in [0.2, 0.25) is 21.8 Å². The number of benzene rings is 2. The summed E-state index contributed by atoms with van der Waals surface area (Å²) in [5.74, 6) is -0.463. The summed E-state index contributed by atoms with van der Waals surface area (Å²) in [5, 5.41) is 3.82. The standard InChI is InChI=1S/C28H39Cl2N3O4S/c1-6-8-16-31-28(35)25(7-2)32(19-22-14-15-23(29)18-24(22)30)27(34)13-10-17-33(38(5,36)37)26-12-9-11-20(3)21(26)4/h9,11-12,14-15,18,25H,6-8,10,13,16-17,19H2,1-5H3,(H,31,35)/t25-/m1/s1. The van der Waals surface area contributed by atoms with Gasteiger partial charge in [-0.2, -0.15) is 0 Å². The monoisotopic (exact) mass is 583 g/mol. The first-order valence-electron chi connectivity index (χ1n) is 13.0. The maximum Gasteiger partial charge on any atom is 0.242 e. The normalized spacial score (nSPS) is 12.2. The number of unbranched alkanes of at least 4 members (excludes halogenated alkanes) is 1. The molecule has 0 aliphatic rings. The zero-order valence-electron chi connectivity index (χ0n) is 22.9. The molecule has 0 fully saturated rings. The lowest BCUT2D eigenvalue weighted by Crippen LogP contribution is -2.49. The molecule has 1 atom stereocenters. The Bertz CT molecular complexity index is 1220. The molecule has 0 saturated heterocycles. The molecule has 0 heterocycles. The lowest BCUT2D eigenvalue weighted by atomic mass is 10.1. The second-order valence-electron chi connectivity index (χ2n) is 9.48. The molecule has 0 aliphatic carbocycles. The number of carbonyl (C=O) groups is 2. The van der Waals surface area contributed by atoms with Gasteiger partial charge in [0.15, 0.2) is 0 Å². The Balaban J connectivity index is 2.27. The Kier molecular flexibility index (Phi) is 12.4. The topological polar surface area (TPSA) is 86.8 Å². The fourth-order valence-electron chi connectivity index (χ4n) is 4.25. The van der Waals surface area contributed by atoms with Crippen molar-refractivity contribution in [2.75, 3.05) is 23.7 Å². The van der Waals surface area contributed by atoms with Gasteiger partial charge in [-0.15, -0.1) is 0 Å². The summed E-state index contributed by atoms with van der Waals surface area (Å²) in [4.78, 5) is 28.1. The van der Waals surface area contributed by atoms with Crippen molar-refractivity contribution in [2.24, 2.45) is 0 Å². The zero-order chi connectivity index (χ0) is 28.5. The smallest absolute Gasteiger partial charge is 0.242 e. The molecule has 0 aliphatic heterocycles. The third-order valence-corrected chi connectivity index (χ3v) is 8.34. The second kappa shape index (κ2) is 14.8. The van der Waals surface area contributed by atoms with Gasteiger partial charge in [-0.25, -0.2) is 8.42 Å². The van der Waals surface area contributed by atoms with E-state index >= 15 is 0 Å². The summed E-state index contributed by atoms with van der Waals surface area (Å²) in [5.41, 5.74) is 3.14. The number of carbonyl (C=O) groups excluding carboxylic acids is 2. The Morgan fingerprint density at radius 1 is 1.05 bits per heavy atom. The van der Waals surface area contributed by atoms with Crippen molar-refractivity contribution in [3.63, 3.8) is 0 Å². The molecule has 0 spiro atoms. The Morgan fingerprint density at radius 3 is 2.37 bits per heavy atom. The first-order chi connectivity index (χ1) is 17.9. The summed E-state index contributed by atoms with van der Waals surface area (Å²) in [7, 11) is -3.57. The molecular formula is C28H39Cl2N3O4S. The van der Waals surface area contributed by atoms with E-state index in [-0.39, 0.29) is 37.7 Å². The molecule has 2 amide bonds. The van der Waals surface area contributed by atoms with Crippen LogP contribution in [0.5, 0.6) is 0 Å². The van der Waals surface area contributed by atoms with E-state index in [2.05, 4.69) is 5.32 Å². The molecule has 0 aromatic heterocycles. The fraction of sp³-hybridized carbons (Fsp3) is 0.500. The van der Waals surface area contributed by atoms with E-state index in [1.165, 1.54) is 10.6 Å². The van der Waals surface area contributed by atoms with Crippen molar-refractivity contribution in [2.45, 2.75) is 72.4 Å². The lowest BCUT2D eigenvalue weighted by molar-refractivity contribution is -0.141. The number of hydrogen-bond acceptors (Lipinski definition) is 4. The maximum atomic E-state index is 13.6. The summed E-state index contributed by atoms with van der Waals surface area (Å²) in [6, 6.07) is 9.89. The van der Waals surface area contributed by atoms with Crippen LogP contribution in [0, 0.1) is 13.8 Å². The highest BCUT2D eigenvalue weighted by Gasteiger charge is 2.29. The minimum absolute atomic E-state index is 0.0703. The average Bonchev–Trinajstić information content (AvgIpc) is 2.84. The van der Waals surface area contributed by atoms with Gasteiger partial charge in [-0.1, -0.05) is 61.7 Å². The molecule has 2 aromatic carbocycles. The number of amides is 2. The minimum atomic E-state index is -3.57. The zero-order valence-corrected chi connectivity index (χ0v) is 25.2. The molecule has 0 saturated carbocycles. The molecular weight excluding hydrogens is 545 g/mol. The molecule has 0 radical (unpaired) electrons. The van der Waals surface area contributed by atoms with Gasteiger partial charge in [-0.3, -0.25) is 13.9 Å². The van der Waals surface area contributed by atoms with E-state index in [1.807, 2.05) is 39.8 Å². The fourth-order valence-corrected chi connectivity index (χ4v) is 5.73. The van der Waals surface area contributed by atoms with Crippen LogP contribution in [-0.2, 0) is 26.2 Å². The van der Waals surface area contributed by atoms with E-state index in [4.69, 9.17) is 23.2 Å². The molecule has 38 heavy (non-hydrogen) atoms. The van der Waals surface area contributed by atoms with Crippen LogP contribution in [0.4, 0.5) is 5.69 Å². The number of halogens is 2. The summed E-state index contributed by atoms with van der Waals surface area (Å²) in [6.07, 6.45) is 3.74. The quantitative estimate of drug-likeness (QED) is 0.281. The van der Waals surface area contributed by atoms with Crippen molar-refractivity contribution in [1.29, 1.82) is 0 Å². The first-order valence-corrected chi connectivity index (χ1v) is 15.6. The maximum absolute atomic E-state index is 13.6. The van der Waals surface area contributed by atoms with Crippen molar-refractivity contribution < 1.29 is 18.0 Å². The van der Waals surface area contributed by atoms with E-state index in [0.29, 0.717) is 34.3 Å². The number of hydrogen-bond donors (Lipinski definition) is 1. The van der Waals surface area contributed by atoms with Crippen LogP contribution in [0.25, 0.3) is 0 Å². The number of aryl methyl sites for hydroxylation is 1. The van der Waals surface area contributed by atoms with Gasteiger partial charge in [0.05, 0.1) is 11.9 Å². The van der Waals surface area contributed by atoms with Gasteiger partial charge in [0.25, 0.3) is 0 Å². The SMILES string of the molecule is CCCCNC(=O)[C@@H](CC)N(Cc1ccc(Cl)cc1Cl)C(=O)CCCN(c1cccc(C)c1C)S(C)(=O)=O. The molecule has 2 aromatic rings. The highest BCUT2D eigenvalue weighted by molar-refractivity contribution is 7.92.